The van der Waals surface area contributed by atoms with Crippen LogP contribution < -0.4 is 11.1 Å². The zero-order valence-corrected chi connectivity index (χ0v) is 11.8. The summed E-state index contributed by atoms with van der Waals surface area (Å²) in [6.07, 6.45) is 7.66. The monoisotopic (exact) mass is 228 g/mol. The van der Waals surface area contributed by atoms with Crippen molar-refractivity contribution >= 4 is 0 Å². The Morgan fingerprint density at radius 1 is 1.12 bits per heavy atom. The van der Waals surface area contributed by atoms with Gasteiger partial charge in [0.15, 0.2) is 0 Å². The number of rotatable bonds is 10. The van der Waals surface area contributed by atoms with Crippen LogP contribution in [0, 0.1) is 5.41 Å². The third-order valence-corrected chi connectivity index (χ3v) is 4.00. The summed E-state index contributed by atoms with van der Waals surface area (Å²) in [7, 11) is 0. The summed E-state index contributed by atoms with van der Waals surface area (Å²) < 4.78 is 0. The summed E-state index contributed by atoms with van der Waals surface area (Å²) in [4.78, 5) is 0. The zero-order chi connectivity index (χ0) is 12.4. The lowest BCUT2D eigenvalue weighted by Crippen LogP contribution is -2.42. The van der Waals surface area contributed by atoms with Crippen molar-refractivity contribution in [2.45, 2.75) is 72.3 Å². The number of unbranched alkanes of at least 4 members (excludes halogenated alkanes) is 2. The Bertz CT molecular complexity index is 145. The molecule has 0 spiro atoms. The van der Waals surface area contributed by atoms with E-state index in [1.807, 2.05) is 0 Å². The van der Waals surface area contributed by atoms with E-state index in [-0.39, 0.29) is 0 Å². The smallest absolute Gasteiger partial charge is 0.00389 e. The van der Waals surface area contributed by atoms with Crippen LogP contribution in [0.25, 0.3) is 0 Å². The highest BCUT2D eigenvalue weighted by Crippen LogP contribution is 2.23. The van der Waals surface area contributed by atoms with Gasteiger partial charge in [0, 0.05) is 12.6 Å². The summed E-state index contributed by atoms with van der Waals surface area (Å²) in [5.74, 6) is 0. The molecule has 0 aromatic heterocycles. The average Bonchev–Trinajstić information content (AvgIpc) is 2.32. The molecule has 0 aromatic rings. The third-order valence-electron chi connectivity index (χ3n) is 4.00. The maximum absolute atomic E-state index is 5.90. The second-order valence-corrected chi connectivity index (χ2v) is 5.19. The van der Waals surface area contributed by atoms with Gasteiger partial charge in [-0.05, 0) is 38.1 Å². The SMILES string of the molecule is CCCCCC(C)NCC(CC)(CC)CN. The van der Waals surface area contributed by atoms with Gasteiger partial charge in [0.05, 0.1) is 0 Å². The van der Waals surface area contributed by atoms with Crippen molar-refractivity contribution in [1.29, 1.82) is 0 Å². The van der Waals surface area contributed by atoms with Crippen molar-refractivity contribution in [3.8, 4) is 0 Å². The van der Waals surface area contributed by atoms with Crippen LogP contribution in [0.4, 0.5) is 0 Å². The molecule has 0 heterocycles. The first kappa shape index (κ1) is 15.9. The van der Waals surface area contributed by atoms with E-state index in [0.29, 0.717) is 11.5 Å². The molecular formula is C14H32N2. The molecule has 0 aliphatic heterocycles. The van der Waals surface area contributed by atoms with Gasteiger partial charge < -0.3 is 11.1 Å². The summed E-state index contributed by atoms with van der Waals surface area (Å²) in [5, 5.41) is 3.66. The highest BCUT2D eigenvalue weighted by atomic mass is 14.9. The molecule has 1 unspecified atom stereocenters. The highest BCUT2D eigenvalue weighted by molar-refractivity contribution is 4.81. The third kappa shape index (κ3) is 5.86. The first-order chi connectivity index (χ1) is 7.64. The standard InChI is InChI=1S/C14H32N2/c1-5-8-9-10-13(4)16-12-14(6-2,7-3)11-15/h13,16H,5-12,15H2,1-4H3. The summed E-state index contributed by atoms with van der Waals surface area (Å²) >= 11 is 0. The van der Waals surface area contributed by atoms with E-state index in [9.17, 15) is 0 Å². The predicted octanol–water partition coefficient (Wildman–Crippen LogP) is 3.31. The molecule has 0 aliphatic rings. The van der Waals surface area contributed by atoms with Gasteiger partial charge in [-0.2, -0.15) is 0 Å². The van der Waals surface area contributed by atoms with Crippen LogP contribution in [0.2, 0.25) is 0 Å². The highest BCUT2D eigenvalue weighted by Gasteiger charge is 2.24. The van der Waals surface area contributed by atoms with Crippen LogP contribution in [-0.4, -0.2) is 19.1 Å². The fraction of sp³-hybridized carbons (Fsp3) is 1.00. The summed E-state index contributed by atoms with van der Waals surface area (Å²) in [6, 6.07) is 0.635. The molecule has 0 saturated heterocycles. The molecule has 0 bridgehead atoms. The molecule has 0 aliphatic carbocycles. The molecule has 0 rings (SSSR count). The Morgan fingerprint density at radius 2 is 1.75 bits per heavy atom. The topological polar surface area (TPSA) is 38.0 Å². The molecule has 16 heavy (non-hydrogen) atoms. The summed E-state index contributed by atoms with van der Waals surface area (Å²) in [6.45, 7) is 10.9. The fourth-order valence-electron chi connectivity index (χ4n) is 2.05. The first-order valence-electron chi connectivity index (χ1n) is 7.07. The van der Waals surface area contributed by atoms with E-state index in [1.165, 1.54) is 38.5 Å². The van der Waals surface area contributed by atoms with E-state index in [1.54, 1.807) is 0 Å². The van der Waals surface area contributed by atoms with Crippen LogP contribution in [-0.2, 0) is 0 Å². The minimum Gasteiger partial charge on any atom is -0.330 e. The van der Waals surface area contributed by atoms with Gasteiger partial charge in [-0.3, -0.25) is 0 Å². The Hall–Kier alpha value is -0.0800. The van der Waals surface area contributed by atoms with Crippen LogP contribution in [0.15, 0.2) is 0 Å². The molecule has 3 N–H and O–H groups in total. The maximum Gasteiger partial charge on any atom is 0.00389 e. The molecular weight excluding hydrogens is 196 g/mol. The minimum absolute atomic E-state index is 0.318. The molecule has 0 radical (unpaired) electrons. The van der Waals surface area contributed by atoms with E-state index in [4.69, 9.17) is 5.73 Å². The lowest BCUT2D eigenvalue weighted by molar-refractivity contribution is 0.246. The van der Waals surface area contributed by atoms with Gasteiger partial charge in [0.1, 0.15) is 0 Å². The van der Waals surface area contributed by atoms with Crippen LogP contribution in [0.5, 0.6) is 0 Å². The lowest BCUT2D eigenvalue weighted by Gasteiger charge is -2.32. The second-order valence-electron chi connectivity index (χ2n) is 5.19. The van der Waals surface area contributed by atoms with Crippen molar-refractivity contribution in [3.05, 3.63) is 0 Å². The quantitative estimate of drug-likeness (QED) is 0.563. The van der Waals surface area contributed by atoms with Crippen molar-refractivity contribution in [3.63, 3.8) is 0 Å². The van der Waals surface area contributed by atoms with Gasteiger partial charge in [-0.15, -0.1) is 0 Å². The number of nitrogens with one attached hydrogen (secondary N) is 1. The molecule has 0 saturated carbocycles. The van der Waals surface area contributed by atoms with Crippen LogP contribution >= 0.6 is 0 Å². The van der Waals surface area contributed by atoms with Gasteiger partial charge >= 0.3 is 0 Å². The predicted molar refractivity (Wildman–Crippen MR) is 73.7 cm³/mol. The van der Waals surface area contributed by atoms with Crippen molar-refractivity contribution in [2.24, 2.45) is 11.1 Å². The molecule has 2 nitrogen and oxygen atoms in total. The lowest BCUT2D eigenvalue weighted by atomic mass is 9.82. The van der Waals surface area contributed by atoms with Gasteiger partial charge in [-0.25, -0.2) is 0 Å². The fourth-order valence-corrected chi connectivity index (χ4v) is 2.05. The Kier molecular flexibility index (Phi) is 8.96. The number of hydrogen-bond donors (Lipinski definition) is 2. The Morgan fingerprint density at radius 3 is 2.19 bits per heavy atom. The zero-order valence-electron chi connectivity index (χ0n) is 11.8. The largest absolute Gasteiger partial charge is 0.330 e. The number of nitrogens with two attached hydrogens (primary N) is 1. The van der Waals surface area contributed by atoms with Crippen molar-refractivity contribution < 1.29 is 0 Å². The molecule has 2 heteroatoms. The van der Waals surface area contributed by atoms with Gasteiger partial charge in [-0.1, -0.05) is 40.0 Å². The van der Waals surface area contributed by atoms with E-state index in [0.717, 1.165) is 13.1 Å². The van der Waals surface area contributed by atoms with E-state index in [2.05, 4.69) is 33.0 Å². The van der Waals surface area contributed by atoms with Crippen molar-refractivity contribution in [2.75, 3.05) is 13.1 Å². The second kappa shape index (κ2) is 9.00. The van der Waals surface area contributed by atoms with Crippen LogP contribution in [0.3, 0.4) is 0 Å². The van der Waals surface area contributed by atoms with Crippen molar-refractivity contribution in [1.82, 2.24) is 5.32 Å². The Balaban J connectivity index is 3.82. The molecule has 0 amide bonds. The average molecular weight is 228 g/mol. The maximum atomic E-state index is 5.90. The van der Waals surface area contributed by atoms with E-state index >= 15 is 0 Å². The summed E-state index contributed by atoms with van der Waals surface area (Å²) in [5.41, 5.74) is 6.22. The van der Waals surface area contributed by atoms with E-state index < -0.39 is 0 Å². The molecule has 0 fully saturated rings. The normalized spacial score (nSPS) is 14.1. The minimum atomic E-state index is 0.318. The number of hydrogen-bond acceptors (Lipinski definition) is 2. The van der Waals surface area contributed by atoms with Gasteiger partial charge in [0.2, 0.25) is 0 Å². The molecule has 0 aromatic carbocycles. The first-order valence-corrected chi connectivity index (χ1v) is 7.07. The molecule has 98 valence electrons. The Labute approximate surface area is 102 Å². The van der Waals surface area contributed by atoms with Crippen LogP contribution in [0.1, 0.15) is 66.2 Å². The molecule has 1 atom stereocenters. The van der Waals surface area contributed by atoms with Gasteiger partial charge in [0.25, 0.3) is 0 Å².